The summed E-state index contributed by atoms with van der Waals surface area (Å²) in [5.74, 6) is 0.600. The molecule has 2 N–H and O–H groups in total. The minimum absolute atomic E-state index is 0.186. The minimum Gasteiger partial charge on any atom is -0.352 e. The molecule has 0 saturated carbocycles. The summed E-state index contributed by atoms with van der Waals surface area (Å²) in [6.45, 7) is 2.70. The fourth-order valence-corrected chi connectivity index (χ4v) is 2.52. The molecule has 0 aliphatic carbocycles. The van der Waals surface area contributed by atoms with Gasteiger partial charge in [0, 0.05) is 20.6 Å². The van der Waals surface area contributed by atoms with E-state index in [0.29, 0.717) is 28.3 Å². The third-order valence-corrected chi connectivity index (χ3v) is 4.15. The SMILES string of the molecule is Cc1ccc(CNc2nc3c([nH]2)c(=S)n(C)c(=O)n3C)cc1. The van der Waals surface area contributed by atoms with Crippen molar-refractivity contribution < 1.29 is 0 Å². The van der Waals surface area contributed by atoms with Gasteiger partial charge in [-0.2, -0.15) is 4.98 Å². The van der Waals surface area contributed by atoms with Gasteiger partial charge in [-0.3, -0.25) is 9.13 Å². The van der Waals surface area contributed by atoms with Gasteiger partial charge in [-0.15, -0.1) is 0 Å². The molecule has 0 radical (unpaired) electrons. The van der Waals surface area contributed by atoms with Gasteiger partial charge in [-0.25, -0.2) is 4.79 Å². The summed E-state index contributed by atoms with van der Waals surface area (Å²) >= 11 is 5.30. The first-order valence-corrected chi connectivity index (χ1v) is 7.33. The molecule has 0 spiro atoms. The number of imidazole rings is 1. The van der Waals surface area contributed by atoms with Crippen LogP contribution in [-0.4, -0.2) is 19.1 Å². The summed E-state index contributed by atoms with van der Waals surface area (Å²) in [5.41, 5.74) is 3.44. The lowest BCUT2D eigenvalue weighted by Crippen LogP contribution is -2.27. The number of aromatic amines is 1. The second-order valence-corrected chi connectivity index (χ2v) is 5.72. The molecule has 0 fully saturated rings. The van der Waals surface area contributed by atoms with E-state index in [1.807, 2.05) is 0 Å². The van der Waals surface area contributed by atoms with Gasteiger partial charge >= 0.3 is 5.69 Å². The van der Waals surface area contributed by atoms with Crippen LogP contribution in [0.15, 0.2) is 29.1 Å². The van der Waals surface area contributed by atoms with Gasteiger partial charge in [0.25, 0.3) is 0 Å². The van der Waals surface area contributed by atoms with Crippen molar-refractivity contribution in [2.45, 2.75) is 13.5 Å². The predicted octanol–water partition coefficient (Wildman–Crippen LogP) is 2.25. The number of nitrogens with zero attached hydrogens (tertiary/aromatic N) is 3. The molecule has 2 aromatic heterocycles. The van der Waals surface area contributed by atoms with Crippen LogP contribution in [0.25, 0.3) is 11.2 Å². The number of nitrogens with one attached hydrogen (secondary N) is 2. The maximum absolute atomic E-state index is 12.0. The molecule has 0 aliphatic rings. The number of aromatic nitrogens is 4. The van der Waals surface area contributed by atoms with Gasteiger partial charge < -0.3 is 10.3 Å². The van der Waals surface area contributed by atoms with Crippen molar-refractivity contribution in [1.29, 1.82) is 0 Å². The normalized spacial score (nSPS) is 11.0. The molecule has 2 heterocycles. The van der Waals surface area contributed by atoms with Gasteiger partial charge in [0.15, 0.2) is 5.65 Å². The third kappa shape index (κ3) is 2.43. The summed E-state index contributed by atoms with van der Waals surface area (Å²) in [6, 6.07) is 8.28. The zero-order valence-electron chi connectivity index (χ0n) is 12.7. The monoisotopic (exact) mass is 315 g/mol. The second-order valence-electron chi connectivity index (χ2n) is 5.33. The fourth-order valence-electron chi connectivity index (χ4n) is 2.30. The Morgan fingerprint density at radius 3 is 2.59 bits per heavy atom. The van der Waals surface area contributed by atoms with Crippen molar-refractivity contribution in [1.82, 2.24) is 19.1 Å². The summed E-state index contributed by atoms with van der Waals surface area (Å²) < 4.78 is 3.37. The topological polar surface area (TPSA) is 67.6 Å². The van der Waals surface area contributed by atoms with Crippen molar-refractivity contribution >= 4 is 29.3 Å². The molecule has 0 saturated heterocycles. The van der Waals surface area contributed by atoms with Crippen LogP contribution in [-0.2, 0) is 20.6 Å². The van der Waals surface area contributed by atoms with E-state index in [-0.39, 0.29) is 5.69 Å². The van der Waals surface area contributed by atoms with Gasteiger partial charge in [-0.1, -0.05) is 42.0 Å². The molecule has 6 nitrogen and oxygen atoms in total. The van der Waals surface area contributed by atoms with Crippen molar-refractivity contribution in [2.24, 2.45) is 14.1 Å². The molecule has 22 heavy (non-hydrogen) atoms. The quantitative estimate of drug-likeness (QED) is 0.728. The Morgan fingerprint density at radius 2 is 1.91 bits per heavy atom. The van der Waals surface area contributed by atoms with Crippen LogP contribution in [0.1, 0.15) is 11.1 Å². The molecule has 7 heteroatoms. The predicted molar refractivity (Wildman–Crippen MR) is 89.6 cm³/mol. The van der Waals surface area contributed by atoms with Crippen LogP contribution < -0.4 is 11.0 Å². The molecule has 0 bridgehead atoms. The molecule has 0 atom stereocenters. The number of hydrogen-bond acceptors (Lipinski definition) is 4. The standard InChI is InChI=1S/C15H17N5OS/c1-9-4-6-10(7-5-9)8-16-14-17-11-12(18-14)19(2)15(21)20(3)13(11)22/h4-7H,8H2,1-3H3,(H2,16,17,18). The lowest BCUT2D eigenvalue weighted by molar-refractivity contribution is 0.721. The lowest BCUT2D eigenvalue weighted by Gasteiger charge is -2.03. The first kappa shape index (κ1) is 14.5. The Hall–Kier alpha value is -2.41. The molecule has 3 rings (SSSR count). The number of aryl methyl sites for hydroxylation is 2. The van der Waals surface area contributed by atoms with E-state index in [4.69, 9.17) is 12.2 Å². The summed E-state index contributed by atoms with van der Waals surface area (Å²) in [7, 11) is 3.34. The van der Waals surface area contributed by atoms with Crippen molar-refractivity contribution in [2.75, 3.05) is 5.32 Å². The van der Waals surface area contributed by atoms with E-state index in [2.05, 4.69) is 46.5 Å². The first-order valence-electron chi connectivity index (χ1n) is 6.92. The fraction of sp³-hybridized carbons (Fsp3) is 0.267. The average Bonchev–Trinajstić information content (AvgIpc) is 2.95. The summed E-state index contributed by atoms with van der Waals surface area (Å²) in [4.78, 5) is 19.6. The van der Waals surface area contributed by atoms with E-state index in [1.54, 1.807) is 14.1 Å². The Labute approximate surface area is 132 Å². The molecule has 0 aliphatic heterocycles. The van der Waals surface area contributed by atoms with E-state index < -0.39 is 0 Å². The number of anilines is 1. The average molecular weight is 315 g/mol. The van der Waals surface area contributed by atoms with Gasteiger partial charge in [0.2, 0.25) is 5.95 Å². The van der Waals surface area contributed by atoms with E-state index in [9.17, 15) is 4.79 Å². The molecule has 114 valence electrons. The van der Waals surface area contributed by atoms with E-state index in [1.165, 1.54) is 14.7 Å². The Kier molecular flexibility index (Phi) is 3.58. The molecule has 0 unspecified atom stereocenters. The number of H-pyrrole nitrogens is 1. The highest BCUT2D eigenvalue weighted by atomic mass is 32.1. The largest absolute Gasteiger partial charge is 0.352 e. The highest BCUT2D eigenvalue weighted by Crippen LogP contribution is 2.14. The van der Waals surface area contributed by atoms with E-state index >= 15 is 0 Å². The lowest BCUT2D eigenvalue weighted by atomic mass is 10.1. The van der Waals surface area contributed by atoms with Crippen LogP contribution in [0.4, 0.5) is 5.95 Å². The van der Waals surface area contributed by atoms with Crippen LogP contribution >= 0.6 is 12.2 Å². The van der Waals surface area contributed by atoms with Crippen molar-refractivity contribution in [3.8, 4) is 0 Å². The number of rotatable bonds is 3. The minimum atomic E-state index is -0.186. The van der Waals surface area contributed by atoms with Crippen LogP contribution in [0, 0.1) is 11.6 Å². The molecule has 3 aromatic rings. The van der Waals surface area contributed by atoms with Crippen molar-refractivity contribution in [3.63, 3.8) is 0 Å². The van der Waals surface area contributed by atoms with Gasteiger partial charge in [0.1, 0.15) is 10.2 Å². The Bertz CT molecular complexity index is 949. The number of benzene rings is 1. The van der Waals surface area contributed by atoms with Crippen LogP contribution in [0.2, 0.25) is 0 Å². The number of hydrogen-bond donors (Lipinski definition) is 2. The Balaban J connectivity index is 1.94. The zero-order chi connectivity index (χ0) is 15.9. The molecule has 1 aromatic carbocycles. The zero-order valence-corrected chi connectivity index (χ0v) is 13.5. The highest BCUT2D eigenvalue weighted by Gasteiger charge is 2.11. The maximum atomic E-state index is 12.0. The van der Waals surface area contributed by atoms with Crippen LogP contribution in [0.5, 0.6) is 0 Å². The maximum Gasteiger partial charge on any atom is 0.330 e. The van der Waals surface area contributed by atoms with E-state index in [0.717, 1.165) is 5.56 Å². The second kappa shape index (κ2) is 5.42. The summed E-state index contributed by atoms with van der Waals surface area (Å²) in [6.07, 6.45) is 0. The molecular formula is C15H17N5OS. The van der Waals surface area contributed by atoms with Gasteiger partial charge in [0.05, 0.1) is 0 Å². The van der Waals surface area contributed by atoms with Gasteiger partial charge in [-0.05, 0) is 12.5 Å². The molecular weight excluding hydrogens is 298 g/mol. The van der Waals surface area contributed by atoms with Crippen LogP contribution in [0.3, 0.4) is 0 Å². The summed E-state index contributed by atoms with van der Waals surface area (Å²) in [5, 5.41) is 3.23. The highest BCUT2D eigenvalue weighted by molar-refractivity contribution is 7.71. The molecule has 0 amide bonds. The third-order valence-electron chi connectivity index (χ3n) is 3.68. The first-order chi connectivity index (χ1) is 10.5. The number of fused-ring (bicyclic) bond motifs is 1. The van der Waals surface area contributed by atoms with Crippen molar-refractivity contribution in [3.05, 3.63) is 50.5 Å². The smallest absolute Gasteiger partial charge is 0.330 e. The Morgan fingerprint density at radius 1 is 1.23 bits per heavy atom.